The van der Waals surface area contributed by atoms with Crippen LogP contribution in [0.15, 0.2) is 59.3 Å². The number of para-hydroxylation sites is 1. The van der Waals surface area contributed by atoms with Gasteiger partial charge in [-0.1, -0.05) is 28.1 Å². The van der Waals surface area contributed by atoms with E-state index in [1.807, 2.05) is 48.5 Å². The first kappa shape index (κ1) is 13.2. The molecule has 108 valence electrons. The number of halogens is 1. The molecule has 0 saturated carbocycles. The van der Waals surface area contributed by atoms with Crippen LogP contribution in [-0.4, -0.2) is 19.6 Å². The van der Waals surface area contributed by atoms with Crippen molar-refractivity contribution in [3.8, 4) is 5.75 Å². The third-order valence-corrected chi connectivity index (χ3v) is 3.84. The largest absolute Gasteiger partial charge is 0.486 e. The first-order valence-electron chi connectivity index (χ1n) is 6.77. The van der Waals surface area contributed by atoms with E-state index in [-0.39, 0.29) is 0 Å². The minimum atomic E-state index is 0.317. The second kappa shape index (κ2) is 5.38. The monoisotopic (exact) mass is 354 g/mol. The van der Waals surface area contributed by atoms with Crippen molar-refractivity contribution < 1.29 is 4.74 Å². The van der Waals surface area contributed by atoms with E-state index in [0.717, 1.165) is 26.8 Å². The molecule has 22 heavy (non-hydrogen) atoms. The summed E-state index contributed by atoms with van der Waals surface area (Å²) in [7, 11) is 0. The zero-order valence-corrected chi connectivity index (χ0v) is 13.1. The standard InChI is InChI=1S/C16H11BrN4O/c17-11-5-7-12(8-6-11)22-9-15-19-16-13-3-1-2-4-14(13)18-10-21(16)20-15/h1-8,10H,9H2. The Bertz CT molecular complexity index is 949. The first-order chi connectivity index (χ1) is 10.8. The zero-order chi connectivity index (χ0) is 14.9. The molecule has 5 nitrogen and oxygen atoms in total. The van der Waals surface area contributed by atoms with Crippen LogP contribution in [0.3, 0.4) is 0 Å². The van der Waals surface area contributed by atoms with E-state index in [1.165, 1.54) is 0 Å². The predicted molar refractivity (Wildman–Crippen MR) is 86.8 cm³/mol. The molecule has 4 rings (SSSR count). The molecule has 0 spiro atoms. The van der Waals surface area contributed by atoms with Crippen LogP contribution < -0.4 is 4.74 Å². The van der Waals surface area contributed by atoms with Crippen LogP contribution in [0.1, 0.15) is 5.82 Å². The van der Waals surface area contributed by atoms with Crippen molar-refractivity contribution in [1.29, 1.82) is 0 Å². The van der Waals surface area contributed by atoms with Gasteiger partial charge in [-0.3, -0.25) is 0 Å². The molecule has 6 heteroatoms. The molecule has 2 aromatic carbocycles. The van der Waals surface area contributed by atoms with Gasteiger partial charge in [0.2, 0.25) is 0 Å². The van der Waals surface area contributed by atoms with Gasteiger partial charge in [-0.2, -0.15) is 0 Å². The van der Waals surface area contributed by atoms with Crippen LogP contribution >= 0.6 is 15.9 Å². The van der Waals surface area contributed by atoms with Gasteiger partial charge in [-0.25, -0.2) is 14.5 Å². The normalized spacial score (nSPS) is 11.1. The molecule has 2 heterocycles. The van der Waals surface area contributed by atoms with E-state index in [0.29, 0.717) is 12.4 Å². The molecule has 2 aromatic heterocycles. The van der Waals surface area contributed by atoms with Gasteiger partial charge in [0.05, 0.1) is 5.52 Å². The van der Waals surface area contributed by atoms with E-state index >= 15 is 0 Å². The molecule has 0 N–H and O–H groups in total. The van der Waals surface area contributed by atoms with E-state index in [2.05, 4.69) is 31.0 Å². The van der Waals surface area contributed by atoms with Crippen LogP contribution in [0, 0.1) is 0 Å². The third kappa shape index (κ3) is 2.42. The van der Waals surface area contributed by atoms with Crippen LogP contribution in [0.5, 0.6) is 5.75 Å². The zero-order valence-electron chi connectivity index (χ0n) is 11.5. The summed E-state index contributed by atoms with van der Waals surface area (Å²) in [5.41, 5.74) is 1.70. The fraction of sp³-hybridized carbons (Fsp3) is 0.0625. The number of hydrogen-bond acceptors (Lipinski definition) is 4. The first-order valence-corrected chi connectivity index (χ1v) is 7.56. The summed E-state index contributed by atoms with van der Waals surface area (Å²) >= 11 is 3.40. The predicted octanol–water partition coefficient (Wildman–Crippen LogP) is 3.62. The quantitative estimate of drug-likeness (QED) is 0.563. The van der Waals surface area contributed by atoms with Crippen molar-refractivity contribution in [2.75, 3.05) is 0 Å². The molecule has 0 amide bonds. The minimum Gasteiger partial charge on any atom is -0.486 e. The molecule has 0 unspecified atom stereocenters. The minimum absolute atomic E-state index is 0.317. The number of aromatic nitrogens is 4. The van der Waals surface area contributed by atoms with Crippen molar-refractivity contribution in [3.05, 3.63) is 65.2 Å². The Morgan fingerprint density at radius 2 is 1.86 bits per heavy atom. The molecular formula is C16H11BrN4O. The van der Waals surface area contributed by atoms with Crippen LogP contribution in [-0.2, 0) is 6.61 Å². The van der Waals surface area contributed by atoms with Crippen molar-refractivity contribution in [2.24, 2.45) is 0 Å². The highest BCUT2D eigenvalue weighted by Gasteiger charge is 2.08. The fourth-order valence-electron chi connectivity index (χ4n) is 2.26. The van der Waals surface area contributed by atoms with Gasteiger partial charge in [-0.15, -0.1) is 5.10 Å². The van der Waals surface area contributed by atoms with Crippen LogP contribution in [0.2, 0.25) is 0 Å². The van der Waals surface area contributed by atoms with Crippen molar-refractivity contribution >= 4 is 32.5 Å². The van der Waals surface area contributed by atoms with E-state index in [1.54, 1.807) is 10.8 Å². The number of rotatable bonds is 3. The molecule has 0 atom stereocenters. The van der Waals surface area contributed by atoms with Crippen molar-refractivity contribution in [2.45, 2.75) is 6.61 Å². The summed E-state index contributed by atoms with van der Waals surface area (Å²) < 4.78 is 8.41. The highest BCUT2D eigenvalue weighted by molar-refractivity contribution is 9.10. The highest BCUT2D eigenvalue weighted by Crippen LogP contribution is 2.18. The van der Waals surface area contributed by atoms with Crippen molar-refractivity contribution in [3.63, 3.8) is 0 Å². The second-order valence-corrected chi connectivity index (χ2v) is 5.72. The maximum atomic E-state index is 5.71. The van der Waals surface area contributed by atoms with Gasteiger partial charge in [0.25, 0.3) is 0 Å². The Morgan fingerprint density at radius 3 is 2.73 bits per heavy atom. The SMILES string of the molecule is Brc1ccc(OCc2nc3c4ccccc4ncn3n2)cc1. The highest BCUT2D eigenvalue weighted by atomic mass is 79.9. The number of ether oxygens (including phenoxy) is 1. The summed E-state index contributed by atoms with van der Waals surface area (Å²) in [5.74, 6) is 1.41. The summed E-state index contributed by atoms with van der Waals surface area (Å²) in [6, 6.07) is 15.5. The van der Waals surface area contributed by atoms with Crippen LogP contribution in [0.25, 0.3) is 16.6 Å². The molecule has 0 radical (unpaired) electrons. The number of hydrogen-bond donors (Lipinski definition) is 0. The lowest BCUT2D eigenvalue weighted by atomic mass is 10.2. The van der Waals surface area contributed by atoms with E-state index < -0.39 is 0 Å². The van der Waals surface area contributed by atoms with Gasteiger partial charge >= 0.3 is 0 Å². The average Bonchev–Trinajstić information content (AvgIpc) is 2.98. The van der Waals surface area contributed by atoms with Crippen molar-refractivity contribution in [1.82, 2.24) is 19.6 Å². The van der Waals surface area contributed by atoms with Gasteiger partial charge in [0.15, 0.2) is 11.5 Å². The Morgan fingerprint density at radius 1 is 1.05 bits per heavy atom. The molecule has 4 aromatic rings. The summed E-state index contributed by atoms with van der Waals surface area (Å²) in [4.78, 5) is 8.92. The summed E-state index contributed by atoms with van der Waals surface area (Å²) in [6.07, 6.45) is 1.67. The van der Waals surface area contributed by atoms with Gasteiger partial charge in [0.1, 0.15) is 18.7 Å². The fourth-order valence-corrected chi connectivity index (χ4v) is 2.53. The lowest BCUT2D eigenvalue weighted by Gasteiger charge is -2.02. The summed E-state index contributed by atoms with van der Waals surface area (Å²) in [5, 5.41) is 5.38. The Balaban J connectivity index is 1.65. The Hall–Kier alpha value is -2.47. The van der Waals surface area contributed by atoms with Gasteiger partial charge in [0, 0.05) is 9.86 Å². The Kier molecular flexibility index (Phi) is 3.23. The van der Waals surface area contributed by atoms with Gasteiger partial charge < -0.3 is 4.74 Å². The number of nitrogens with zero attached hydrogens (tertiary/aromatic N) is 4. The molecule has 0 bridgehead atoms. The maximum Gasteiger partial charge on any atom is 0.189 e. The second-order valence-electron chi connectivity index (χ2n) is 4.80. The van der Waals surface area contributed by atoms with E-state index in [9.17, 15) is 0 Å². The lowest BCUT2D eigenvalue weighted by Crippen LogP contribution is -1.98. The van der Waals surface area contributed by atoms with E-state index in [4.69, 9.17) is 4.74 Å². The number of fused-ring (bicyclic) bond motifs is 3. The summed E-state index contributed by atoms with van der Waals surface area (Å²) in [6.45, 7) is 0.317. The maximum absolute atomic E-state index is 5.71. The molecule has 0 aliphatic rings. The third-order valence-electron chi connectivity index (χ3n) is 3.31. The lowest BCUT2D eigenvalue weighted by molar-refractivity contribution is 0.296. The molecular weight excluding hydrogens is 344 g/mol. The Labute approximate surface area is 134 Å². The molecule has 0 aliphatic heterocycles. The molecule has 0 fully saturated rings. The average molecular weight is 355 g/mol. The smallest absolute Gasteiger partial charge is 0.189 e. The number of benzene rings is 2. The molecule has 0 aliphatic carbocycles. The molecule has 0 saturated heterocycles. The van der Waals surface area contributed by atoms with Crippen LogP contribution in [0.4, 0.5) is 0 Å². The topological polar surface area (TPSA) is 52.3 Å². The van der Waals surface area contributed by atoms with Gasteiger partial charge in [-0.05, 0) is 36.4 Å².